The Kier molecular flexibility index (Phi) is 5.09. The van der Waals surface area contributed by atoms with Crippen LogP contribution in [0.2, 0.25) is 0 Å². The van der Waals surface area contributed by atoms with Crippen molar-refractivity contribution in [3.8, 4) is 0 Å². The van der Waals surface area contributed by atoms with E-state index in [9.17, 15) is 10.1 Å². The van der Waals surface area contributed by atoms with Crippen molar-refractivity contribution in [2.24, 2.45) is 4.99 Å². The number of hydrogen-bond acceptors (Lipinski definition) is 4. The van der Waals surface area contributed by atoms with Gasteiger partial charge in [-0.1, -0.05) is 52.3 Å². The standard InChI is InChI=1S/C21H15BrN2O2S/c22-16-10-8-14(9-11-16)19-13-21(15-4-3-5-17(12-15)24(25)26)27-20-7-2-1-6-18(20)23-19/h1-12,21H,13H2. The van der Waals surface area contributed by atoms with Gasteiger partial charge in [-0.05, 0) is 35.4 Å². The first-order valence-corrected chi connectivity index (χ1v) is 10.1. The third-order valence-electron chi connectivity index (χ3n) is 4.40. The molecule has 3 aromatic rings. The van der Waals surface area contributed by atoms with Gasteiger partial charge in [0.25, 0.3) is 5.69 Å². The number of nitro benzene ring substituents is 1. The molecular weight excluding hydrogens is 424 g/mol. The number of nitrogens with zero attached hydrogens (tertiary/aromatic N) is 2. The molecule has 1 aliphatic rings. The molecule has 6 heteroatoms. The van der Waals surface area contributed by atoms with Crippen molar-refractivity contribution < 1.29 is 4.92 Å². The lowest BCUT2D eigenvalue weighted by molar-refractivity contribution is -0.384. The van der Waals surface area contributed by atoms with Gasteiger partial charge in [0.2, 0.25) is 0 Å². The summed E-state index contributed by atoms with van der Waals surface area (Å²) in [6.45, 7) is 0. The van der Waals surface area contributed by atoms with Crippen LogP contribution in [0, 0.1) is 10.1 Å². The maximum Gasteiger partial charge on any atom is 0.269 e. The minimum absolute atomic E-state index is 0.0518. The second-order valence-corrected chi connectivity index (χ2v) is 8.36. The Morgan fingerprint density at radius 1 is 1.04 bits per heavy atom. The SMILES string of the molecule is O=[N+]([O-])c1cccc(C2CC(c3ccc(Br)cc3)=Nc3ccccc3S2)c1. The molecule has 134 valence electrons. The Morgan fingerprint density at radius 3 is 2.59 bits per heavy atom. The van der Waals surface area contributed by atoms with Crippen molar-refractivity contribution in [2.75, 3.05) is 0 Å². The third kappa shape index (κ3) is 3.96. The molecular formula is C21H15BrN2O2S. The number of benzene rings is 3. The fourth-order valence-corrected chi connectivity index (χ4v) is 4.55. The van der Waals surface area contributed by atoms with Gasteiger partial charge in [0.15, 0.2) is 0 Å². The van der Waals surface area contributed by atoms with Gasteiger partial charge in [-0.15, -0.1) is 11.8 Å². The molecule has 0 fully saturated rings. The van der Waals surface area contributed by atoms with Crippen molar-refractivity contribution in [3.63, 3.8) is 0 Å². The molecule has 0 saturated heterocycles. The second-order valence-electron chi connectivity index (χ2n) is 6.20. The fraction of sp³-hybridized carbons (Fsp3) is 0.0952. The monoisotopic (exact) mass is 438 g/mol. The predicted octanol–water partition coefficient (Wildman–Crippen LogP) is 6.72. The van der Waals surface area contributed by atoms with Gasteiger partial charge in [0.1, 0.15) is 0 Å². The molecule has 0 saturated carbocycles. The molecule has 0 N–H and O–H groups in total. The van der Waals surface area contributed by atoms with Crippen molar-refractivity contribution in [2.45, 2.75) is 16.6 Å². The van der Waals surface area contributed by atoms with Crippen LogP contribution < -0.4 is 0 Å². The number of para-hydroxylation sites is 1. The van der Waals surface area contributed by atoms with Gasteiger partial charge < -0.3 is 0 Å². The smallest absolute Gasteiger partial charge is 0.258 e. The van der Waals surface area contributed by atoms with Gasteiger partial charge in [-0.2, -0.15) is 0 Å². The first-order chi connectivity index (χ1) is 13.1. The van der Waals surface area contributed by atoms with Gasteiger partial charge in [0, 0.05) is 38.9 Å². The van der Waals surface area contributed by atoms with Crippen LogP contribution in [0.3, 0.4) is 0 Å². The zero-order valence-corrected chi connectivity index (χ0v) is 16.6. The van der Waals surface area contributed by atoms with E-state index in [0.29, 0.717) is 6.42 Å². The van der Waals surface area contributed by atoms with Crippen LogP contribution in [0.15, 0.2) is 87.2 Å². The van der Waals surface area contributed by atoms with E-state index in [-0.39, 0.29) is 15.9 Å². The average molecular weight is 439 g/mol. The summed E-state index contributed by atoms with van der Waals surface area (Å²) >= 11 is 5.18. The van der Waals surface area contributed by atoms with E-state index < -0.39 is 0 Å². The number of hydrogen-bond donors (Lipinski definition) is 0. The van der Waals surface area contributed by atoms with Crippen LogP contribution in [-0.2, 0) is 0 Å². The summed E-state index contributed by atoms with van der Waals surface area (Å²) in [7, 11) is 0. The number of fused-ring (bicyclic) bond motifs is 1. The highest BCUT2D eigenvalue weighted by molar-refractivity contribution is 9.10. The van der Waals surface area contributed by atoms with Crippen LogP contribution in [-0.4, -0.2) is 10.6 Å². The van der Waals surface area contributed by atoms with E-state index in [1.54, 1.807) is 23.9 Å². The van der Waals surface area contributed by atoms with Crippen molar-refractivity contribution in [3.05, 3.63) is 98.5 Å². The van der Waals surface area contributed by atoms with E-state index in [1.165, 1.54) is 6.07 Å². The first kappa shape index (κ1) is 17.9. The summed E-state index contributed by atoms with van der Waals surface area (Å²) in [6, 6.07) is 23.1. The molecule has 0 bridgehead atoms. The van der Waals surface area contributed by atoms with Crippen LogP contribution in [0.1, 0.15) is 22.8 Å². The van der Waals surface area contributed by atoms with E-state index in [2.05, 4.69) is 22.0 Å². The summed E-state index contributed by atoms with van der Waals surface area (Å²) in [5.74, 6) is 0. The largest absolute Gasteiger partial charge is 0.269 e. The normalized spacial score (nSPS) is 16.2. The van der Waals surface area contributed by atoms with Crippen LogP contribution in [0.25, 0.3) is 0 Å². The highest BCUT2D eigenvalue weighted by Gasteiger charge is 2.23. The zero-order chi connectivity index (χ0) is 18.8. The Bertz CT molecular complexity index is 1030. The zero-order valence-electron chi connectivity index (χ0n) is 14.2. The summed E-state index contributed by atoms with van der Waals surface area (Å²) in [5.41, 5.74) is 4.04. The van der Waals surface area contributed by atoms with E-state index in [1.807, 2.05) is 48.5 Å². The molecule has 1 aliphatic heterocycles. The molecule has 3 aromatic carbocycles. The van der Waals surface area contributed by atoms with Crippen LogP contribution >= 0.6 is 27.7 Å². The van der Waals surface area contributed by atoms with Crippen LogP contribution in [0.5, 0.6) is 0 Å². The highest BCUT2D eigenvalue weighted by Crippen LogP contribution is 2.45. The maximum absolute atomic E-state index is 11.2. The van der Waals surface area contributed by atoms with Crippen molar-refractivity contribution in [1.29, 1.82) is 0 Å². The fourth-order valence-electron chi connectivity index (χ4n) is 3.06. The Labute approximate surface area is 169 Å². The van der Waals surface area contributed by atoms with Gasteiger partial charge in [-0.25, -0.2) is 0 Å². The lowest BCUT2D eigenvalue weighted by Gasteiger charge is -2.16. The third-order valence-corrected chi connectivity index (χ3v) is 6.25. The topological polar surface area (TPSA) is 55.5 Å². The molecule has 1 heterocycles. The Morgan fingerprint density at radius 2 is 1.81 bits per heavy atom. The molecule has 1 atom stereocenters. The van der Waals surface area contributed by atoms with Gasteiger partial charge >= 0.3 is 0 Å². The number of non-ortho nitro benzene ring substituents is 1. The molecule has 1 unspecified atom stereocenters. The first-order valence-electron chi connectivity index (χ1n) is 8.44. The number of nitro groups is 1. The van der Waals surface area contributed by atoms with Gasteiger partial charge in [0.05, 0.1) is 10.6 Å². The molecule has 27 heavy (non-hydrogen) atoms. The number of halogens is 1. The number of thioether (sulfide) groups is 1. The molecule has 4 rings (SSSR count). The lowest BCUT2D eigenvalue weighted by Crippen LogP contribution is -2.05. The van der Waals surface area contributed by atoms with Crippen molar-refractivity contribution >= 4 is 44.8 Å². The van der Waals surface area contributed by atoms with E-state index in [4.69, 9.17) is 4.99 Å². The average Bonchev–Trinajstić information content (AvgIpc) is 2.88. The van der Waals surface area contributed by atoms with E-state index in [0.717, 1.165) is 31.9 Å². The minimum Gasteiger partial charge on any atom is -0.258 e. The van der Waals surface area contributed by atoms with Crippen LogP contribution in [0.4, 0.5) is 11.4 Å². The molecule has 0 aromatic heterocycles. The molecule has 0 radical (unpaired) electrons. The maximum atomic E-state index is 11.2. The van der Waals surface area contributed by atoms with E-state index >= 15 is 0 Å². The molecule has 4 nitrogen and oxygen atoms in total. The molecule has 0 aliphatic carbocycles. The summed E-state index contributed by atoms with van der Waals surface area (Å²) in [4.78, 5) is 16.8. The Balaban J connectivity index is 1.79. The predicted molar refractivity (Wildman–Crippen MR) is 113 cm³/mol. The summed E-state index contributed by atoms with van der Waals surface area (Å²) in [6.07, 6.45) is 0.697. The van der Waals surface area contributed by atoms with Gasteiger partial charge in [-0.3, -0.25) is 15.1 Å². The highest BCUT2D eigenvalue weighted by atomic mass is 79.9. The summed E-state index contributed by atoms with van der Waals surface area (Å²) in [5, 5.41) is 11.2. The minimum atomic E-state index is -0.345. The quantitative estimate of drug-likeness (QED) is 0.337. The Hall–Kier alpha value is -2.44. The molecule has 0 spiro atoms. The lowest BCUT2D eigenvalue weighted by atomic mass is 10.0. The molecule has 0 amide bonds. The second kappa shape index (κ2) is 7.66. The number of rotatable bonds is 3. The number of aliphatic imine (C=N–C) groups is 1. The summed E-state index contributed by atoms with van der Waals surface area (Å²) < 4.78 is 1.02. The van der Waals surface area contributed by atoms with Crippen molar-refractivity contribution in [1.82, 2.24) is 0 Å².